The SMILES string of the molecule is O=C(Cn1ncn2nc(-c3cccc4ccccc34)cc2c1=O)Nc1cc(Cl)cc(Cl)c1. The number of carbonyl (C=O) groups excluding carboxylic acids is 1. The molecule has 158 valence electrons. The van der Waals surface area contributed by atoms with Crippen molar-refractivity contribution < 1.29 is 4.79 Å². The highest BCUT2D eigenvalue weighted by Gasteiger charge is 2.14. The highest BCUT2D eigenvalue weighted by molar-refractivity contribution is 6.35. The van der Waals surface area contributed by atoms with E-state index in [0.29, 0.717) is 26.9 Å². The van der Waals surface area contributed by atoms with Crippen molar-refractivity contribution in [1.29, 1.82) is 0 Å². The Labute approximate surface area is 191 Å². The van der Waals surface area contributed by atoms with Gasteiger partial charge in [-0.05, 0) is 35.0 Å². The second-order valence-corrected chi connectivity index (χ2v) is 8.06. The molecule has 0 aliphatic carbocycles. The lowest BCUT2D eigenvalue weighted by atomic mass is 10.0. The third kappa shape index (κ3) is 3.84. The van der Waals surface area contributed by atoms with E-state index in [1.54, 1.807) is 24.3 Å². The van der Waals surface area contributed by atoms with E-state index in [2.05, 4.69) is 15.5 Å². The molecule has 0 aliphatic heterocycles. The van der Waals surface area contributed by atoms with E-state index in [-0.39, 0.29) is 6.54 Å². The maximum atomic E-state index is 13.0. The van der Waals surface area contributed by atoms with Crippen molar-refractivity contribution in [2.45, 2.75) is 6.54 Å². The highest BCUT2D eigenvalue weighted by atomic mass is 35.5. The lowest BCUT2D eigenvalue weighted by molar-refractivity contribution is -0.117. The molecule has 0 saturated heterocycles. The zero-order chi connectivity index (χ0) is 22.2. The molecule has 0 spiro atoms. The minimum atomic E-state index is -0.434. The van der Waals surface area contributed by atoms with E-state index < -0.39 is 11.5 Å². The van der Waals surface area contributed by atoms with Crippen LogP contribution in [0.2, 0.25) is 10.0 Å². The molecule has 0 fully saturated rings. The average molecular weight is 464 g/mol. The Hall–Kier alpha value is -3.68. The molecule has 0 unspecified atom stereocenters. The fourth-order valence-electron chi connectivity index (χ4n) is 3.59. The number of amides is 1. The van der Waals surface area contributed by atoms with Crippen LogP contribution in [0.25, 0.3) is 27.5 Å². The molecular weight excluding hydrogens is 449 g/mol. The van der Waals surface area contributed by atoms with Crippen molar-refractivity contribution in [2.75, 3.05) is 5.32 Å². The van der Waals surface area contributed by atoms with Gasteiger partial charge in [0.2, 0.25) is 5.91 Å². The van der Waals surface area contributed by atoms with Crippen LogP contribution in [0.15, 0.2) is 77.9 Å². The van der Waals surface area contributed by atoms with Crippen LogP contribution in [0.4, 0.5) is 5.69 Å². The number of hydrogen-bond acceptors (Lipinski definition) is 4. The topological polar surface area (TPSA) is 81.3 Å². The van der Waals surface area contributed by atoms with E-state index >= 15 is 0 Å². The molecule has 0 aliphatic rings. The quantitative estimate of drug-likeness (QED) is 0.420. The standard InChI is InChI=1S/C23H15Cl2N5O2/c24-15-8-16(25)10-17(9-15)27-22(31)12-29-23(32)21-11-20(28-30(21)13-26-29)19-7-3-5-14-4-1-2-6-18(14)19/h1-11,13H,12H2,(H,27,31). The van der Waals surface area contributed by atoms with Gasteiger partial charge in [-0.25, -0.2) is 9.20 Å². The molecule has 32 heavy (non-hydrogen) atoms. The van der Waals surface area contributed by atoms with Gasteiger partial charge in [-0.2, -0.15) is 10.2 Å². The van der Waals surface area contributed by atoms with Gasteiger partial charge >= 0.3 is 0 Å². The first-order valence-corrected chi connectivity index (χ1v) is 10.4. The molecule has 0 atom stereocenters. The van der Waals surface area contributed by atoms with Gasteiger partial charge in [0.05, 0.1) is 5.69 Å². The van der Waals surface area contributed by atoms with Crippen molar-refractivity contribution >= 4 is 51.1 Å². The summed E-state index contributed by atoms with van der Waals surface area (Å²) >= 11 is 11.9. The van der Waals surface area contributed by atoms with E-state index in [9.17, 15) is 9.59 Å². The minimum absolute atomic E-state index is 0.270. The number of nitrogens with one attached hydrogen (secondary N) is 1. The smallest absolute Gasteiger partial charge is 0.293 e. The van der Waals surface area contributed by atoms with Crippen LogP contribution in [-0.4, -0.2) is 25.3 Å². The Morgan fingerprint density at radius 2 is 1.72 bits per heavy atom. The summed E-state index contributed by atoms with van der Waals surface area (Å²) in [6.45, 7) is -0.270. The number of nitrogens with zero attached hydrogens (tertiary/aromatic N) is 4. The predicted octanol–water partition coefficient (Wildman–Crippen LogP) is 4.66. The zero-order valence-corrected chi connectivity index (χ0v) is 18.0. The lowest BCUT2D eigenvalue weighted by Gasteiger charge is -2.07. The maximum absolute atomic E-state index is 13.0. The van der Waals surface area contributed by atoms with Gasteiger partial charge in [0, 0.05) is 21.3 Å². The van der Waals surface area contributed by atoms with Crippen LogP contribution >= 0.6 is 23.2 Å². The summed E-state index contributed by atoms with van der Waals surface area (Å²) in [6.07, 6.45) is 1.41. The fourth-order valence-corrected chi connectivity index (χ4v) is 4.12. The summed E-state index contributed by atoms with van der Waals surface area (Å²) in [5, 5.41) is 14.2. The monoisotopic (exact) mass is 463 g/mol. The van der Waals surface area contributed by atoms with Crippen LogP contribution < -0.4 is 10.9 Å². The number of benzene rings is 3. The van der Waals surface area contributed by atoms with Gasteiger partial charge in [-0.1, -0.05) is 65.7 Å². The van der Waals surface area contributed by atoms with Crippen molar-refractivity contribution in [2.24, 2.45) is 0 Å². The van der Waals surface area contributed by atoms with Crippen LogP contribution in [0.5, 0.6) is 0 Å². The predicted molar refractivity (Wildman–Crippen MR) is 125 cm³/mol. The third-order valence-corrected chi connectivity index (χ3v) is 5.43. The lowest BCUT2D eigenvalue weighted by Crippen LogP contribution is -2.30. The van der Waals surface area contributed by atoms with Crippen LogP contribution in [0.1, 0.15) is 0 Å². The van der Waals surface area contributed by atoms with E-state index in [1.165, 1.54) is 10.8 Å². The molecule has 3 aromatic carbocycles. The van der Waals surface area contributed by atoms with E-state index in [0.717, 1.165) is 21.0 Å². The minimum Gasteiger partial charge on any atom is -0.324 e. The first-order chi connectivity index (χ1) is 15.5. The van der Waals surface area contributed by atoms with Crippen LogP contribution in [-0.2, 0) is 11.3 Å². The number of aromatic nitrogens is 4. The largest absolute Gasteiger partial charge is 0.324 e. The molecule has 1 N–H and O–H groups in total. The highest BCUT2D eigenvalue weighted by Crippen LogP contribution is 2.27. The molecule has 5 aromatic rings. The number of rotatable bonds is 4. The van der Waals surface area contributed by atoms with Gasteiger partial charge in [-0.3, -0.25) is 9.59 Å². The van der Waals surface area contributed by atoms with Gasteiger partial charge in [0.1, 0.15) is 18.4 Å². The first-order valence-electron chi connectivity index (χ1n) is 9.67. The Balaban J connectivity index is 1.47. The average Bonchev–Trinajstić information content (AvgIpc) is 3.19. The van der Waals surface area contributed by atoms with Gasteiger partial charge in [0.25, 0.3) is 5.56 Å². The number of anilines is 1. The normalized spacial score (nSPS) is 11.2. The molecule has 9 heteroatoms. The summed E-state index contributed by atoms with van der Waals surface area (Å²) in [6, 6.07) is 20.3. The summed E-state index contributed by atoms with van der Waals surface area (Å²) in [4.78, 5) is 25.4. The number of halogens is 2. The van der Waals surface area contributed by atoms with E-state index in [1.807, 2.05) is 42.5 Å². The fraction of sp³-hybridized carbons (Fsp3) is 0.0435. The van der Waals surface area contributed by atoms with Crippen molar-refractivity contribution in [3.05, 3.63) is 93.5 Å². The Morgan fingerprint density at radius 3 is 2.53 bits per heavy atom. The van der Waals surface area contributed by atoms with E-state index in [4.69, 9.17) is 23.2 Å². The molecule has 2 heterocycles. The van der Waals surface area contributed by atoms with Gasteiger partial charge in [-0.15, -0.1) is 0 Å². The Morgan fingerprint density at radius 1 is 0.969 bits per heavy atom. The summed E-state index contributed by atoms with van der Waals surface area (Å²) in [5.74, 6) is -0.434. The van der Waals surface area contributed by atoms with Crippen molar-refractivity contribution in [3.8, 4) is 11.3 Å². The van der Waals surface area contributed by atoms with Gasteiger partial charge in [0.15, 0.2) is 0 Å². The van der Waals surface area contributed by atoms with Crippen molar-refractivity contribution in [3.63, 3.8) is 0 Å². The Kier molecular flexibility index (Phi) is 5.13. The molecule has 5 rings (SSSR count). The first kappa shape index (κ1) is 20.2. The third-order valence-electron chi connectivity index (χ3n) is 4.99. The molecule has 1 amide bonds. The summed E-state index contributed by atoms with van der Waals surface area (Å²) in [7, 11) is 0. The number of carbonyl (C=O) groups is 1. The second kappa shape index (κ2) is 8.11. The van der Waals surface area contributed by atoms with Gasteiger partial charge < -0.3 is 5.32 Å². The number of fused-ring (bicyclic) bond motifs is 2. The summed E-state index contributed by atoms with van der Waals surface area (Å²) in [5.41, 5.74) is 1.89. The molecule has 0 bridgehead atoms. The van der Waals surface area contributed by atoms with Crippen LogP contribution in [0.3, 0.4) is 0 Å². The molecule has 0 radical (unpaired) electrons. The molecule has 2 aromatic heterocycles. The molecule has 7 nitrogen and oxygen atoms in total. The van der Waals surface area contributed by atoms with Crippen LogP contribution in [0, 0.1) is 0 Å². The number of hydrogen-bond donors (Lipinski definition) is 1. The summed E-state index contributed by atoms with van der Waals surface area (Å²) < 4.78 is 2.51. The zero-order valence-electron chi connectivity index (χ0n) is 16.5. The molecular formula is C23H15Cl2N5O2. The Bertz CT molecular complexity index is 1530. The maximum Gasteiger partial charge on any atom is 0.293 e. The molecule has 0 saturated carbocycles. The van der Waals surface area contributed by atoms with Crippen molar-refractivity contribution in [1.82, 2.24) is 19.4 Å². The second-order valence-electron chi connectivity index (χ2n) is 7.19.